The topological polar surface area (TPSA) is 49.9 Å². The fraction of sp³-hybridized carbons (Fsp3) is 0.273. The summed E-state index contributed by atoms with van der Waals surface area (Å²) < 4.78 is 5.22. The van der Waals surface area contributed by atoms with Crippen molar-refractivity contribution in [3.63, 3.8) is 0 Å². The van der Waals surface area contributed by atoms with Crippen LogP contribution in [0.4, 0.5) is 5.69 Å². The summed E-state index contributed by atoms with van der Waals surface area (Å²) in [5.74, 6) is 0.230. The van der Waals surface area contributed by atoms with Crippen LogP contribution in [0.3, 0.4) is 0 Å². The molecule has 0 bridgehead atoms. The predicted molar refractivity (Wildman–Crippen MR) is 106 cm³/mol. The number of likely N-dealkylation sites (N-methyl/N-ethyl adjacent to an activating group) is 1. The molecule has 5 nitrogen and oxygen atoms in total. The van der Waals surface area contributed by atoms with Crippen LogP contribution >= 0.6 is 0 Å². The van der Waals surface area contributed by atoms with Gasteiger partial charge in [-0.3, -0.25) is 14.5 Å². The Labute approximate surface area is 159 Å². The lowest BCUT2D eigenvalue weighted by Gasteiger charge is -2.24. The Morgan fingerprint density at radius 2 is 1.59 bits per heavy atom. The van der Waals surface area contributed by atoms with Gasteiger partial charge in [-0.2, -0.15) is 0 Å². The molecular formula is C22H24N2O3. The van der Waals surface area contributed by atoms with Crippen molar-refractivity contribution in [3.8, 4) is 5.75 Å². The van der Waals surface area contributed by atoms with Crippen molar-refractivity contribution in [2.45, 2.75) is 20.3 Å². The minimum Gasteiger partial charge on any atom is -0.497 e. The third-order valence-electron chi connectivity index (χ3n) is 4.62. The van der Waals surface area contributed by atoms with Gasteiger partial charge in [0.25, 0.3) is 11.8 Å². The zero-order chi connectivity index (χ0) is 19.4. The fourth-order valence-electron chi connectivity index (χ4n) is 3.34. The first kappa shape index (κ1) is 18.7. The van der Waals surface area contributed by atoms with Gasteiger partial charge in [0.05, 0.1) is 12.7 Å². The zero-order valence-electron chi connectivity index (χ0n) is 15.9. The molecule has 3 rings (SSSR count). The highest BCUT2D eigenvalue weighted by molar-refractivity contribution is 6.36. The molecule has 0 fully saturated rings. The summed E-state index contributed by atoms with van der Waals surface area (Å²) in [5, 5.41) is 0. The lowest BCUT2D eigenvalue weighted by atomic mass is 10.0. The molecular weight excluding hydrogens is 340 g/mol. The van der Waals surface area contributed by atoms with Crippen LogP contribution in [0.15, 0.2) is 60.3 Å². The molecule has 0 aromatic heterocycles. The number of rotatable bonds is 7. The molecule has 0 aliphatic carbocycles. The van der Waals surface area contributed by atoms with Crippen molar-refractivity contribution in [2.24, 2.45) is 0 Å². The number of imide groups is 1. The molecule has 140 valence electrons. The van der Waals surface area contributed by atoms with Crippen molar-refractivity contribution < 1.29 is 14.3 Å². The SMILES string of the molecule is CCCN1C(=O)C(c2ccc(OC)cc2)=C(N(CC)c2ccccc2)C1=O. The second kappa shape index (κ2) is 8.08. The average molecular weight is 364 g/mol. The van der Waals surface area contributed by atoms with E-state index in [0.29, 0.717) is 30.1 Å². The van der Waals surface area contributed by atoms with E-state index in [1.54, 1.807) is 19.2 Å². The quantitative estimate of drug-likeness (QED) is 0.703. The summed E-state index contributed by atoms with van der Waals surface area (Å²) in [7, 11) is 1.60. The van der Waals surface area contributed by atoms with E-state index in [0.717, 1.165) is 17.7 Å². The van der Waals surface area contributed by atoms with E-state index >= 15 is 0 Å². The van der Waals surface area contributed by atoms with Gasteiger partial charge in [-0.15, -0.1) is 0 Å². The first-order chi connectivity index (χ1) is 13.1. The van der Waals surface area contributed by atoms with Crippen LogP contribution < -0.4 is 9.64 Å². The summed E-state index contributed by atoms with van der Waals surface area (Å²) in [6.07, 6.45) is 0.720. The van der Waals surface area contributed by atoms with Gasteiger partial charge in [0.1, 0.15) is 11.4 Å². The maximum Gasteiger partial charge on any atom is 0.278 e. The third-order valence-corrected chi connectivity index (χ3v) is 4.62. The Bertz CT molecular complexity index is 857. The Kier molecular flexibility index (Phi) is 5.60. The highest BCUT2D eigenvalue weighted by Gasteiger charge is 2.41. The van der Waals surface area contributed by atoms with E-state index < -0.39 is 0 Å². The van der Waals surface area contributed by atoms with Crippen molar-refractivity contribution in [2.75, 3.05) is 25.1 Å². The monoisotopic (exact) mass is 364 g/mol. The Morgan fingerprint density at radius 1 is 0.926 bits per heavy atom. The summed E-state index contributed by atoms with van der Waals surface area (Å²) in [6.45, 7) is 4.93. The summed E-state index contributed by atoms with van der Waals surface area (Å²) >= 11 is 0. The number of hydrogen-bond donors (Lipinski definition) is 0. The number of carbonyl (C=O) groups excluding carboxylic acids is 2. The number of para-hydroxylation sites is 1. The normalized spacial score (nSPS) is 14.1. The molecule has 0 radical (unpaired) electrons. The number of amides is 2. The molecule has 5 heteroatoms. The Balaban J connectivity index is 2.16. The molecule has 2 aromatic carbocycles. The molecule has 0 saturated heterocycles. The van der Waals surface area contributed by atoms with Crippen molar-refractivity contribution in [1.29, 1.82) is 0 Å². The van der Waals surface area contributed by atoms with E-state index in [4.69, 9.17) is 4.74 Å². The van der Waals surface area contributed by atoms with Crippen LogP contribution in [0.5, 0.6) is 5.75 Å². The van der Waals surface area contributed by atoms with Gasteiger partial charge < -0.3 is 9.64 Å². The largest absolute Gasteiger partial charge is 0.497 e. The van der Waals surface area contributed by atoms with Crippen molar-refractivity contribution in [1.82, 2.24) is 4.90 Å². The smallest absolute Gasteiger partial charge is 0.278 e. The molecule has 2 amide bonds. The second-order valence-electron chi connectivity index (χ2n) is 6.29. The summed E-state index contributed by atoms with van der Waals surface area (Å²) in [5.41, 5.74) is 2.49. The van der Waals surface area contributed by atoms with Gasteiger partial charge in [0.2, 0.25) is 0 Å². The Hall–Kier alpha value is -3.08. The molecule has 1 aliphatic heterocycles. The number of anilines is 1. The number of nitrogens with zero attached hydrogens (tertiary/aromatic N) is 2. The molecule has 1 aliphatic rings. The van der Waals surface area contributed by atoms with Crippen LogP contribution in [0.25, 0.3) is 5.57 Å². The van der Waals surface area contributed by atoms with Crippen molar-refractivity contribution >= 4 is 23.1 Å². The number of hydrogen-bond acceptors (Lipinski definition) is 4. The lowest BCUT2D eigenvalue weighted by Crippen LogP contribution is -2.35. The van der Waals surface area contributed by atoms with Crippen LogP contribution in [-0.4, -0.2) is 36.9 Å². The molecule has 27 heavy (non-hydrogen) atoms. The fourth-order valence-corrected chi connectivity index (χ4v) is 3.34. The first-order valence-corrected chi connectivity index (χ1v) is 9.19. The maximum atomic E-state index is 13.2. The van der Waals surface area contributed by atoms with E-state index in [1.165, 1.54) is 4.90 Å². The van der Waals surface area contributed by atoms with Crippen LogP contribution in [-0.2, 0) is 9.59 Å². The molecule has 2 aromatic rings. The number of methoxy groups -OCH3 is 1. The van der Waals surface area contributed by atoms with Gasteiger partial charge in [0, 0.05) is 18.8 Å². The summed E-state index contributed by atoms with van der Waals surface area (Å²) in [4.78, 5) is 29.5. The third kappa shape index (κ3) is 3.45. The lowest BCUT2D eigenvalue weighted by molar-refractivity contribution is -0.136. The summed E-state index contributed by atoms with van der Waals surface area (Å²) in [6, 6.07) is 16.9. The van der Waals surface area contributed by atoms with Crippen LogP contribution in [0, 0.1) is 0 Å². The van der Waals surface area contributed by atoms with Gasteiger partial charge in [-0.05, 0) is 43.2 Å². The molecule has 0 atom stereocenters. The van der Waals surface area contributed by atoms with E-state index in [2.05, 4.69) is 0 Å². The predicted octanol–water partition coefficient (Wildman–Crippen LogP) is 3.71. The number of ether oxygens (including phenoxy) is 1. The first-order valence-electron chi connectivity index (χ1n) is 9.19. The maximum absolute atomic E-state index is 13.2. The van der Waals surface area contributed by atoms with E-state index in [1.807, 2.05) is 61.2 Å². The number of carbonyl (C=O) groups is 2. The standard InChI is InChI=1S/C22H24N2O3/c1-4-15-24-21(25)19(16-11-13-18(27-3)14-12-16)20(22(24)26)23(5-2)17-9-7-6-8-10-17/h6-14H,4-5,15H2,1-3H3. The van der Waals surface area contributed by atoms with E-state index in [-0.39, 0.29) is 11.8 Å². The molecule has 0 spiro atoms. The molecule has 0 unspecified atom stereocenters. The van der Waals surface area contributed by atoms with Crippen LogP contribution in [0.2, 0.25) is 0 Å². The zero-order valence-corrected chi connectivity index (χ0v) is 15.9. The van der Waals surface area contributed by atoms with Crippen LogP contribution in [0.1, 0.15) is 25.8 Å². The highest BCUT2D eigenvalue weighted by atomic mass is 16.5. The minimum absolute atomic E-state index is 0.238. The molecule has 0 saturated carbocycles. The van der Waals surface area contributed by atoms with Gasteiger partial charge >= 0.3 is 0 Å². The average Bonchev–Trinajstić information content (AvgIpc) is 2.95. The number of benzene rings is 2. The molecule has 1 heterocycles. The van der Waals surface area contributed by atoms with Crippen molar-refractivity contribution in [3.05, 3.63) is 65.9 Å². The minimum atomic E-state index is -0.239. The molecule has 0 N–H and O–H groups in total. The van der Waals surface area contributed by atoms with Gasteiger partial charge in [-0.25, -0.2) is 0 Å². The van der Waals surface area contributed by atoms with E-state index in [9.17, 15) is 9.59 Å². The van der Waals surface area contributed by atoms with Gasteiger partial charge in [-0.1, -0.05) is 37.3 Å². The Morgan fingerprint density at radius 3 is 2.15 bits per heavy atom. The van der Waals surface area contributed by atoms with Gasteiger partial charge in [0.15, 0.2) is 0 Å². The second-order valence-corrected chi connectivity index (χ2v) is 6.29. The highest BCUT2D eigenvalue weighted by Crippen LogP contribution is 2.34.